The van der Waals surface area contributed by atoms with Crippen molar-refractivity contribution in [2.24, 2.45) is 0 Å². The Morgan fingerprint density at radius 1 is 1.15 bits per heavy atom. The van der Waals surface area contributed by atoms with E-state index in [0.29, 0.717) is 31.2 Å². The van der Waals surface area contributed by atoms with Gasteiger partial charge in [-0.2, -0.15) is 15.0 Å². The molecular weight excluding hydrogens is 278 g/mol. The molecule has 0 amide bonds. The molecule has 7 heteroatoms. The van der Waals surface area contributed by atoms with Crippen molar-refractivity contribution in [3.8, 4) is 0 Å². The van der Waals surface area contributed by atoms with E-state index in [0.717, 1.165) is 13.1 Å². The van der Waals surface area contributed by atoms with Crippen LogP contribution in [0.5, 0.6) is 0 Å². The van der Waals surface area contributed by atoms with Crippen LogP contribution in [-0.4, -0.2) is 54.3 Å². The number of morpholine rings is 1. The molecule has 1 saturated heterocycles. The van der Waals surface area contributed by atoms with Crippen molar-refractivity contribution >= 4 is 23.5 Å². The van der Waals surface area contributed by atoms with E-state index in [-0.39, 0.29) is 5.28 Å². The summed E-state index contributed by atoms with van der Waals surface area (Å²) >= 11 is 6.07. The second-order valence-corrected chi connectivity index (χ2v) is 5.69. The molecule has 0 spiro atoms. The summed E-state index contributed by atoms with van der Waals surface area (Å²) in [5.74, 6) is 1.34. The third-order valence-corrected chi connectivity index (χ3v) is 4.24. The van der Waals surface area contributed by atoms with Gasteiger partial charge in [-0.25, -0.2) is 0 Å². The first-order valence-corrected chi connectivity index (χ1v) is 7.59. The van der Waals surface area contributed by atoms with Gasteiger partial charge in [-0.05, 0) is 24.4 Å². The molecule has 0 radical (unpaired) electrons. The van der Waals surface area contributed by atoms with Crippen LogP contribution in [0.3, 0.4) is 0 Å². The second-order valence-electron chi connectivity index (χ2n) is 5.35. The molecule has 6 nitrogen and oxygen atoms in total. The average molecular weight is 298 g/mol. The first-order chi connectivity index (χ1) is 9.74. The number of ether oxygens (including phenoxy) is 1. The Bertz CT molecular complexity index is 460. The average Bonchev–Trinajstić information content (AvgIpc) is 3.01. The minimum absolute atomic E-state index is 0.265. The lowest BCUT2D eigenvalue weighted by molar-refractivity contribution is 0.122. The zero-order chi connectivity index (χ0) is 13.9. The molecule has 20 heavy (non-hydrogen) atoms. The zero-order valence-electron chi connectivity index (χ0n) is 11.8. The highest BCUT2D eigenvalue weighted by atomic mass is 35.5. The van der Waals surface area contributed by atoms with Crippen LogP contribution >= 0.6 is 11.6 Å². The third kappa shape index (κ3) is 2.96. The molecule has 1 aliphatic carbocycles. The Morgan fingerprint density at radius 2 is 1.85 bits per heavy atom. The minimum atomic E-state index is 0.265. The Kier molecular flexibility index (Phi) is 4.21. The van der Waals surface area contributed by atoms with Crippen molar-refractivity contribution < 1.29 is 4.74 Å². The number of hydrogen-bond donors (Lipinski definition) is 0. The number of hydrogen-bond acceptors (Lipinski definition) is 6. The summed E-state index contributed by atoms with van der Waals surface area (Å²) < 4.78 is 5.35. The van der Waals surface area contributed by atoms with Crippen LogP contribution in [0.25, 0.3) is 0 Å². The molecule has 0 N–H and O–H groups in total. The zero-order valence-corrected chi connectivity index (χ0v) is 12.5. The van der Waals surface area contributed by atoms with Crippen molar-refractivity contribution in [2.75, 3.05) is 43.2 Å². The summed E-state index contributed by atoms with van der Waals surface area (Å²) in [5.41, 5.74) is 0. The van der Waals surface area contributed by atoms with E-state index >= 15 is 0 Å². The maximum atomic E-state index is 6.07. The van der Waals surface area contributed by atoms with E-state index in [1.165, 1.54) is 25.7 Å². The molecule has 1 saturated carbocycles. The Balaban J connectivity index is 1.81. The molecule has 2 fully saturated rings. The quantitative estimate of drug-likeness (QED) is 0.847. The van der Waals surface area contributed by atoms with Gasteiger partial charge < -0.3 is 14.5 Å². The lowest BCUT2D eigenvalue weighted by Crippen LogP contribution is -2.38. The van der Waals surface area contributed by atoms with Gasteiger partial charge in [-0.3, -0.25) is 0 Å². The summed E-state index contributed by atoms with van der Waals surface area (Å²) in [6.07, 6.45) is 4.97. The molecule has 0 aromatic carbocycles. The normalized spacial score (nSPS) is 20.4. The molecule has 2 heterocycles. The van der Waals surface area contributed by atoms with Crippen LogP contribution in [0.2, 0.25) is 5.28 Å². The molecule has 1 aromatic heterocycles. The van der Waals surface area contributed by atoms with Gasteiger partial charge >= 0.3 is 0 Å². The third-order valence-electron chi connectivity index (χ3n) is 4.07. The van der Waals surface area contributed by atoms with E-state index in [2.05, 4.69) is 24.8 Å². The van der Waals surface area contributed by atoms with E-state index in [9.17, 15) is 0 Å². The van der Waals surface area contributed by atoms with Gasteiger partial charge in [0.05, 0.1) is 13.2 Å². The largest absolute Gasteiger partial charge is 0.378 e. The van der Waals surface area contributed by atoms with Gasteiger partial charge in [0.15, 0.2) is 0 Å². The highest BCUT2D eigenvalue weighted by Crippen LogP contribution is 2.26. The smallest absolute Gasteiger partial charge is 0.231 e. The Hall–Kier alpha value is -1.14. The van der Waals surface area contributed by atoms with Gasteiger partial charge in [-0.15, -0.1) is 0 Å². The number of aromatic nitrogens is 3. The highest BCUT2D eigenvalue weighted by Gasteiger charge is 2.23. The van der Waals surface area contributed by atoms with E-state index in [1.54, 1.807) is 0 Å². The van der Waals surface area contributed by atoms with Crippen molar-refractivity contribution in [1.82, 2.24) is 15.0 Å². The van der Waals surface area contributed by atoms with Crippen molar-refractivity contribution in [3.63, 3.8) is 0 Å². The van der Waals surface area contributed by atoms with Crippen molar-refractivity contribution in [2.45, 2.75) is 31.7 Å². The fourth-order valence-corrected chi connectivity index (χ4v) is 3.00. The predicted molar refractivity (Wildman–Crippen MR) is 78.5 cm³/mol. The summed E-state index contributed by atoms with van der Waals surface area (Å²) in [6, 6.07) is 0.519. The molecule has 2 aliphatic rings. The van der Waals surface area contributed by atoms with Gasteiger partial charge in [0.1, 0.15) is 0 Å². The molecule has 3 rings (SSSR count). The predicted octanol–water partition coefficient (Wildman–Crippen LogP) is 1.74. The van der Waals surface area contributed by atoms with Gasteiger partial charge in [0.25, 0.3) is 0 Å². The van der Waals surface area contributed by atoms with Crippen molar-refractivity contribution in [1.29, 1.82) is 0 Å². The molecule has 0 bridgehead atoms. The summed E-state index contributed by atoms with van der Waals surface area (Å²) in [5, 5.41) is 0.265. The standard InChI is InChI=1S/C13H20ClN5O/c1-18(10-4-2-3-5-10)12-15-11(14)16-13(17-12)19-6-8-20-9-7-19/h10H,2-9H2,1H3. The monoisotopic (exact) mass is 297 g/mol. The number of halogens is 1. The van der Waals surface area contributed by atoms with E-state index in [1.807, 2.05) is 7.05 Å². The van der Waals surface area contributed by atoms with Gasteiger partial charge in [-0.1, -0.05) is 12.8 Å². The molecular formula is C13H20ClN5O. The van der Waals surface area contributed by atoms with Crippen LogP contribution in [0.15, 0.2) is 0 Å². The maximum Gasteiger partial charge on any atom is 0.231 e. The van der Waals surface area contributed by atoms with Crippen LogP contribution in [0.4, 0.5) is 11.9 Å². The lowest BCUT2D eigenvalue weighted by Gasteiger charge is -2.29. The SMILES string of the molecule is CN(c1nc(Cl)nc(N2CCOCC2)n1)C1CCCC1. The van der Waals surface area contributed by atoms with Crippen LogP contribution in [0.1, 0.15) is 25.7 Å². The molecule has 110 valence electrons. The maximum absolute atomic E-state index is 6.07. The first-order valence-electron chi connectivity index (χ1n) is 7.21. The second kappa shape index (κ2) is 6.10. The minimum Gasteiger partial charge on any atom is -0.378 e. The van der Waals surface area contributed by atoms with E-state index < -0.39 is 0 Å². The number of nitrogens with zero attached hydrogens (tertiary/aromatic N) is 5. The topological polar surface area (TPSA) is 54.4 Å². The van der Waals surface area contributed by atoms with Gasteiger partial charge in [0.2, 0.25) is 17.2 Å². The molecule has 0 atom stereocenters. The lowest BCUT2D eigenvalue weighted by atomic mass is 10.2. The Morgan fingerprint density at radius 3 is 2.55 bits per heavy atom. The molecule has 1 aliphatic heterocycles. The summed E-state index contributed by atoms with van der Waals surface area (Å²) in [6.45, 7) is 3.01. The highest BCUT2D eigenvalue weighted by molar-refractivity contribution is 6.28. The fourth-order valence-electron chi connectivity index (χ4n) is 2.85. The fraction of sp³-hybridized carbons (Fsp3) is 0.769. The Labute approximate surface area is 124 Å². The summed E-state index contributed by atoms with van der Waals surface area (Å²) in [4.78, 5) is 17.4. The van der Waals surface area contributed by atoms with Crippen LogP contribution in [0, 0.1) is 0 Å². The van der Waals surface area contributed by atoms with Crippen LogP contribution < -0.4 is 9.80 Å². The van der Waals surface area contributed by atoms with Crippen molar-refractivity contribution in [3.05, 3.63) is 5.28 Å². The number of anilines is 2. The first kappa shape index (κ1) is 13.8. The summed E-state index contributed by atoms with van der Waals surface area (Å²) in [7, 11) is 2.05. The van der Waals surface area contributed by atoms with Crippen LogP contribution in [-0.2, 0) is 4.74 Å². The number of rotatable bonds is 3. The van der Waals surface area contributed by atoms with E-state index in [4.69, 9.17) is 16.3 Å². The van der Waals surface area contributed by atoms with Gasteiger partial charge in [0, 0.05) is 26.2 Å². The molecule has 0 unspecified atom stereocenters. The molecule has 1 aromatic rings.